The highest BCUT2D eigenvalue weighted by atomic mass is 35.5. The van der Waals surface area contributed by atoms with E-state index in [2.05, 4.69) is 25.2 Å². The lowest BCUT2D eigenvalue weighted by atomic mass is 10.2. The Labute approximate surface area is 168 Å². The summed E-state index contributed by atoms with van der Waals surface area (Å²) in [5, 5.41) is 3.86. The van der Waals surface area contributed by atoms with Crippen LogP contribution in [0.15, 0.2) is 48.5 Å². The van der Waals surface area contributed by atoms with E-state index in [0.29, 0.717) is 49.0 Å². The zero-order valence-corrected chi connectivity index (χ0v) is 16.2. The summed E-state index contributed by atoms with van der Waals surface area (Å²) in [6.07, 6.45) is 0. The summed E-state index contributed by atoms with van der Waals surface area (Å²) in [5.74, 6) is 1.57. The van der Waals surface area contributed by atoms with E-state index >= 15 is 0 Å². The molecular weight excluding hydrogens is 378 g/mol. The van der Waals surface area contributed by atoms with Crippen LogP contribution in [-0.2, 0) is 4.74 Å². The van der Waals surface area contributed by atoms with Crippen LogP contribution in [0.4, 0.5) is 17.6 Å². The molecule has 8 heteroatoms. The van der Waals surface area contributed by atoms with Gasteiger partial charge in [0.1, 0.15) is 5.75 Å². The third-order valence-corrected chi connectivity index (χ3v) is 4.48. The van der Waals surface area contributed by atoms with Gasteiger partial charge < -0.3 is 19.7 Å². The van der Waals surface area contributed by atoms with Crippen molar-refractivity contribution in [3.8, 4) is 11.8 Å². The van der Waals surface area contributed by atoms with Crippen molar-refractivity contribution in [1.29, 1.82) is 0 Å². The summed E-state index contributed by atoms with van der Waals surface area (Å²) in [4.78, 5) is 15.5. The number of anilines is 3. The van der Waals surface area contributed by atoms with Gasteiger partial charge in [0.2, 0.25) is 11.9 Å². The van der Waals surface area contributed by atoms with Crippen LogP contribution in [0.1, 0.15) is 5.56 Å². The Morgan fingerprint density at radius 3 is 2.39 bits per heavy atom. The summed E-state index contributed by atoms with van der Waals surface area (Å²) in [7, 11) is 0. The second-order valence-electron chi connectivity index (χ2n) is 6.39. The minimum Gasteiger partial charge on any atom is -0.424 e. The molecule has 144 valence electrons. The van der Waals surface area contributed by atoms with Gasteiger partial charge in [-0.2, -0.15) is 15.0 Å². The van der Waals surface area contributed by atoms with Crippen molar-refractivity contribution >= 4 is 29.2 Å². The number of morpholine rings is 1. The molecule has 0 atom stereocenters. The maximum atomic E-state index is 5.94. The topological polar surface area (TPSA) is 72.4 Å². The van der Waals surface area contributed by atoms with E-state index < -0.39 is 0 Å². The number of nitrogens with one attached hydrogen (secondary N) is 1. The first kappa shape index (κ1) is 18.5. The molecule has 3 aromatic rings. The van der Waals surface area contributed by atoms with E-state index in [1.807, 2.05) is 31.2 Å². The number of hydrogen-bond donors (Lipinski definition) is 1. The van der Waals surface area contributed by atoms with Crippen molar-refractivity contribution in [1.82, 2.24) is 15.0 Å². The molecule has 2 heterocycles. The Hall–Kier alpha value is -2.90. The molecule has 1 fully saturated rings. The van der Waals surface area contributed by atoms with Gasteiger partial charge in [-0.3, -0.25) is 0 Å². The summed E-state index contributed by atoms with van der Waals surface area (Å²) < 4.78 is 11.3. The van der Waals surface area contributed by atoms with Crippen molar-refractivity contribution in [3.63, 3.8) is 0 Å². The fraction of sp³-hybridized carbons (Fsp3) is 0.250. The molecule has 1 aliphatic rings. The highest BCUT2D eigenvalue weighted by molar-refractivity contribution is 6.30. The average Bonchev–Trinajstić information content (AvgIpc) is 2.72. The Balaban J connectivity index is 1.63. The molecule has 1 aromatic heterocycles. The zero-order valence-electron chi connectivity index (χ0n) is 15.4. The van der Waals surface area contributed by atoms with Crippen LogP contribution in [-0.4, -0.2) is 41.3 Å². The van der Waals surface area contributed by atoms with E-state index in [4.69, 9.17) is 21.1 Å². The minimum atomic E-state index is 0.216. The lowest BCUT2D eigenvalue weighted by molar-refractivity contribution is 0.122. The van der Waals surface area contributed by atoms with Crippen LogP contribution in [0.5, 0.6) is 11.8 Å². The fourth-order valence-corrected chi connectivity index (χ4v) is 2.85. The van der Waals surface area contributed by atoms with Crippen LogP contribution in [0.3, 0.4) is 0 Å². The molecule has 0 bridgehead atoms. The Kier molecular flexibility index (Phi) is 5.55. The highest BCUT2D eigenvalue weighted by Gasteiger charge is 2.17. The van der Waals surface area contributed by atoms with Gasteiger partial charge in [0, 0.05) is 23.8 Å². The lowest BCUT2D eigenvalue weighted by Crippen LogP contribution is -2.37. The van der Waals surface area contributed by atoms with Crippen molar-refractivity contribution in [2.75, 3.05) is 36.5 Å². The van der Waals surface area contributed by atoms with Crippen LogP contribution < -0.4 is 15.0 Å². The largest absolute Gasteiger partial charge is 0.424 e. The molecule has 0 amide bonds. The standard InChI is InChI=1S/C20H20ClN5O2/c1-14-2-6-16(7-3-14)22-18-23-19(26-10-12-27-13-11-26)25-20(24-18)28-17-8-4-15(21)5-9-17/h2-9H,10-13H2,1H3,(H,22,23,24,25). The number of rotatable bonds is 5. The molecule has 0 radical (unpaired) electrons. The minimum absolute atomic E-state index is 0.216. The molecule has 7 nitrogen and oxygen atoms in total. The average molecular weight is 398 g/mol. The van der Waals surface area contributed by atoms with Crippen LogP contribution in [0.2, 0.25) is 5.02 Å². The normalized spacial score (nSPS) is 14.0. The van der Waals surface area contributed by atoms with E-state index in [9.17, 15) is 0 Å². The quantitative estimate of drug-likeness (QED) is 0.691. The van der Waals surface area contributed by atoms with Gasteiger partial charge in [-0.1, -0.05) is 29.3 Å². The fourth-order valence-electron chi connectivity index (χ4n) is 2.73. The molecule has 1 saturated heterocycles. The molecule has 28 heavy (non-hydrogen) atoms. The molecule has 0 aliphatic carbocycles. The number of aromatic nitrogens is 3. The van der Waals surface area contributed by atoms with E-state index in [1.165, 1.54) is 5.56 Å². The van der Waals surface area contributed by atoms with Gasteiger partial charge >= 0.3 is 6.01 Å². The van der Waals surface area contributed by atoms with Crippen LogP contribution in [0.25, 0.3) is 0 Å². The number of halogens is 1. The van der Waals surface area contributed by atoms with Gasteiger partial charge in [0.15, 0.2) is 0 Å². The van der Waals surface area contributed by atoms with Crippen molar-refractivity contribution in [2.24, 2.45) is 0 Å². The van der Waals surface area contributed by atoms with Gasteiger partial charge in [0.25, 0.3) is 0 Å². The van der Waals surface area contributed by atoms with Gasteiger partial charge in [-0.15, -0.1) is 0 Å². The smallest absolute Gasteiger partial charge is 0.328 e. The molecule has 1 aliphatic heterocycles. The van der Waals surface area contributed by atoms with Gasteiger partial charge in [-0.25, -0.2) is 0 Å². The Morgan fingerprint density at radius 1 is 0.964 bits per heavy atom. The summed E-state index contributed by atoms with van der Waals surface area (Å²) in [6.45, 7) is 4.75. The lowest BCUT2D eigenvalue weighted by Gasteiger charge is -2.27. The monoisotopic (exact) mass is 397 g/mol. The number of ether oxygens (including phenoxy) is 2. The van der Waals surface area contributed by atoms with E-state index in [-0.39, 0.29) is 6.01 Å². The SMILES string of the molecule is Cc1ccc(Nc2nc(Oc3ccc(Cl)cc3)nc(N3CCOCC3)n2)cc1. The van der Waals surface area contributed by atoms with Crippen molar-refractivity contribution in [2.45, 2.75) is 6.92 Å². The van der Waals surface area contributed by atoms with Gasteiger partial charge in [-0.05, 0) is 43.3 Å². The zero-order chi connectivity index (χ0) is 19.3. The Morgan fingerprint density at radius 2 is 1.68 bits per heavy atom. The number of nitrogens with zero attached hydrogens (tertiary/aromatic N) is 4. The maximum absolute atomic E-state index is 5.94. The molecule has 4 rings (SSSR count). The third-order valence-electron chi connectivity index (χ3n) is 4.23. The second-order valence-corrected chi connectivity index (χ2v) is 6.82. The number of aryl methyl sites for hydroxylation is 1. The molecule has 0 spiro atoms. The van der Waals surface area contributed by atoms with Gasteiger partial charge in [0.05, 0.1) is 13.2 Å². The Bertz CT molecular complexity index is 863. The molecule has 0 saturated carbocycles. The first-order valence-electron chi connectivity index (χ1n) is 9.02. The summed E-state index contributed by atoms with van der Waals surface area (Å²) in [5.41, 5.74) is 2.07. The van der Waals surface area contributed by atoms with Crippen molar-refractivity contribution < 1.29 is 9.47 Å². The second kappa shape index (κ2) is 8.41. The summed E-state index contributed by atoms with van der Waals surface area (Å²) >= 11 is 5.94. The molecule has 0 unspecified atom stereocenters. The van der Waals surface area contributed by atoms with Crippen LogP contribution in [0, 0.1) is 6.92 Å². The highest BCUT2D eigenvalue weighted by Crippen LogP contribution is 2.24. The van der Waals surface area contributed by atoms with E-state index in [1.54, 1.807) is 24.3 Å². The molecule has 2 aromatic carbocycles. The summed E-state index contributed by atoms with van der Waals surface area (Å²) in [6, 6.07) is 15.3. The molecule has 1 N–H and O–H groups in total. The van der Waals surface area contributed by atoms with Crippen LogP contribution >= 0.6 is 11.6 Å². The first-order chi connectivity index (χ1) is 13.7. The predicted octanol–water partition coefficient (Wildman–Crippen LogP) is 4.21. The number of hydrogen-bond acceptors (Lipinski definition) is 7. The maximum Gasteiger partial charge on any atom is 0.328 e. The number of benzene rings is 2. The van der Waals surface area contributed by atoms with Crippen molar-refractivity contribution in [3.05, 3.63) is 59.1 Å². The molecular formula is C20H20ClN5O2. The van der Waals surface area contributed by atoms with E-state index in [0.717, 1.165) is 5.69 Å². The predicted molar refractivity (Wildman–Crippen MR) is 109 cm³/mol. The third kappa shape index (κ3) is 4.68. The first-order valence-corrected chi connectivity index (χ1v) is 9.39.